The fourth-order valence-electron chi connectivity index (χ4n) is 1.41. The molecule has 3 nitrogen and oxygen atoms in total. The number of nitrogens with zero attached hydrogens (tertiary/aromatic N) is 2. The lowest BCUT2D eigenvalue weighted by Gasteiger charge is -2.04. The second-order valence-corrected chi connectivity index (χ2v) is 5.44. The molecular formula is C12H10Cl2N2OS. The molecule has 0 saturated carbocycles. The largest absolute Gasteiger partial charge is 0.329 e. The average molecular weight is 301 g/mol. The highest BCUT2D eigenvalue weighted by molar-refractivity contribution is 7.99. The molecule has 6 heteroatoms. The van der Waals surface area contributed by atoms with Gasteiger partial charge >= 0.3 is 0 Å². The minimum atomic E-state index is -0.0373. The van der Waals surface area contributed by atoms with Gasteiger partial charge in [0, 0.05) is 30.0 Å². The zero-order chi connectivity index (χ0) is 13.1. The summed E-state index contributed by atoms with van der Waals surface area (Å²) in [5.41, 5.74) is 0.489. The second kappa shape index (κ2) is 5.78. The SMILES string of the molecule is Cn1ccnc1SCC(=O)c1ccc(Cl)cc1Cl. The Bertz CT molecular complexity index is 583. The maximum absolute atomic E-state index is 12.0. The van der Waals surface area contributed by atoms with Crippen LogP contribution in [0.3, 0.4) is 0 Å². The van der Waals surface area contributed by atoms with E-state index in [-0.39, 0.29) is 5.78 Å². The molecule has 0 unspecified atom stereocenters. The van der Waals surface area contributed by atoms with Crippen molar-refractivity contribution in [2.24, 2.45) is 7.05 Å². The monoisotopic (exact) mass is 300 g/mol. The Hall–Kier alpha value is -0.970. The van der Waals surface area contributed by atoms with E-state index in [1.54, 1.807) is 24.4 Å². The number of rotatable bonds is 4. The van der Waals surface area contributed by atoms with E-state index >= 15 is 0 Å². The first-order valence-corrected chi connectivity index (χ1v) is 6.90. The number of carbonyl (C=O) groups excluding carboxylic acids is 1. The Kier molecular flexibility index (Phi) is 4.32. The van der Waals surface area contributed by atoms with E-state index in [0.29, 0.717) is 21.4 Å². The molecule has 0 aliphatic heterocycles. The van der Waals surface area contributed by atoms with Gasteiger partial charge in [-0.2, -0.15) is 0 Å². The first-order chi connectivity index (χ1) is 8.58. The minimum absolute atomic E-state index is 0.0373. The summed E-state index contributed by atoms with van der Waals surface area (Å²) in [6.07, 6.45) is 3.53. The van der Waals surface area contributed by atoms with Crippen LogP contribution in [0.5, 0.6) is 0 Å². The van der Waals surface area contributed by atoms with Gasteiger partial charge in [0.15, 0.2) is 10.9 Å². The zero-order valence-corrected chi connectivity index (χ0v) is 11.9. The molecule has 2 aromatic rings. The van der Waals surface area contributed by atoms with Crippen molar-refractivity contribution in [3.63, 3.8) is 0 Å². The molecule has 0 saturated heterocycles. The Labute approximate surface area is 119 Å². The highest BCUT2D eigenvalue weighted by atomic mass is 35.5. The lowest BCUT2D eigenvalue weighted by molar-refractivity contribution is 0.102. The highest BCUT2D eigenvalue weighted by Gasteiger charge is 2.12. The van der Waals surface area contributed by atoms with Gasteiger partial charge in [-0.1, -0.05) is 35.0 Å². The number of carbonyl (C=O) groups is 1. The molecule has 0 aliphatic carbocycles. The van der Waals surface area contributed by atoms with Crippen molar-refractivity contribution in [2.75, 3.05) is 5.75 Å². The lowest BCUT2D eigenvalue weighted by Crippen LogP contribution is -2.04. The molecule has 0 aliphatic rings. The van der Waals surface area contributed by atoms with E-state index in [2.05, 4.69) is 4.98 Å². The molecular weight excluding hydrogens is 291 g/mol. The van der Waals surface area contributed by atoms with Crippen LogP contribution in [0.1, 0.15) is 10.4 Å². The Morgan fingerprint density at radius 1 is 1.44 bits per heavy atom. The summed E-state index contributed by atoms with van der Waals surface area (Å²) in [4.78, 5) is 16.1. The van der Waals surface area contributed by atoms with Crippen LogP contribution in [0.2, 0.25) is 10.0 Å². The average Bonchev–Trinajstić information content (AvgIpc) is 2.72. The van der Waals surface area contributed by atoms with Crippen LogP contribution in [0.25, 0.3) is 0 Å². The third-order valence-electron chi connectivity index (χ3n) is 2.34. The number of aromatic nitrogens is 2. The van der Waals surface area contributed by atoms with Crippen LogP contribution in [-0.2, 0) is 7.05 Å². The van der Waals surface area contributed by atoms with Crippen molar-refractivity contribution < 1.29 is 4.79 Å². The molecule has 0 atom stereocenters. The van der Waals surface area contributed by atoms with Gasteiger partial charge in [0.1, 0.15) is 0 Å². The number of Topliss-reactive ketones (excluding diaryl/α,β-unsaturated/α-hetero) is 1. The number of halogens is 2. The van der Waals surface area contributed by atoms with Gasteiger partial charge in [-0.3, -0.25) is 4.79 Å². The highest BCUT2D eigenvalue weighted by Crippen LogP contribution is 2.23. The van der Waals surface area contributed by atoms with Gasteiger partial charge in [0.25, 0.3) is 0 Å². The summed E-state index contributed by atoms with van der Waals surface area (Å²) in [5.74, 6) is 0.260. The predicted molar refractivity (Wildman–Crippen MR) is 74.7 cm³/mol. The fraction of sp³-hybridized carbons (Fsp3) is 0.167. The number of imidazole rings is 1. The van der Waals surface area contributed by atoms with E-state index in [1.807, 2.05) is 17.8 Å². The summed E-state index contributed by atoms with van der Waals surface area (Å²) in [5, 5.41) is 1.70. The summed E-state index contributed by atoms with van der Waals surface area (Å²) < 4.78 is 1.86. The zero-order valence-electron chi connectivity index (χ0n) is 9.56. The molecule has 0 fully saturated rings. The normalized spacial score (nSPS) is 10.6. The van der Waals surface area contributed by atoms with Crippen molar-refractivity contribution >= 4 is 40.7 Å². The van der Waals surface area contributed by atoms with E-state index in [9.17, 15) is 4.79 Å². The quantitative estimate of drug-likeness (QED) is 0.638. The second-order valence-electron chi connectivity index (χ2n) is 3.66. The summed E-state index contributed by atoms with van der Waals surface area (Å²) in [7, 11) is 1.88. The first-order valence-electron chi connectivity index (χ1n) is 5.16. The number of ketones is 1. The molecule has 0 amide bonds. The van der Waals surface area contributed by atoms with E-state index in [0.717, 1.165) is 5.16 Å². The molecule has 1 heterocycles. The summed E-state index contributed by atoms with van der Waals surface area (Å²) in [6.45, 7) is 0. The molecule has 18 heavy (non-hydrogen) atoms. The molecule has 94 valence electrons. The molecule has 0 spiro atoms. The van der Waals surface area contributed by atoms with Crippen LogP contribution < -0.4 is 0 Å². The van der Waals surface area contributed by atoms with Crippen LogP contribution in [-0.4, -0.2) is 21.1 Å². The van der Waals surface area contributed by atoms with Crippen molar-refractivity contribution in [1.29, 1.82) is 0 Å². The minimum Gasteiger partial charge on any atom is -0.329 e. The Morgan fingerprint density at radius 2 is 2.22 bits per heavy atom. The number of hydrogen-bond acceptors (Lipinski definition) is 3. The van der Waals surface area contributed by atoms with Crippen LogP contribution in [0.15, 0.2) is 35.7 Å². The molecule has 0 bridgehead atoms. The number of thioether (sulfide) groups is 1. The maximum atomic E-state index is 12.0. The third-order valence-corrected chi connectivity index (χ3v) is 3.95. The van der Waals surface area contributed by atoms with Crippen molar-refractivity contribution in [3.8, 4) is 0 Å². The van der Waals surface area contributed by atoms with Crippen molar-refractivity contribution in [2.45, 2.75) is 5.16 Å². The molecule has 0 N–H and O–H groups in total. The van der Waals surface area contributed by atoms with E-state index in [4.69, 9.17) is 23.2 Å². The number of benzene rings is 1. The molecule has 2 rings (SSSR count). The molecule has 1 aromatic heterocycles. The van der Waals surface area contributed by atoms with Gasteiger partial charge in [-0.15, -0.1) is 0 Å². The van der Waals surface area contributed by atoms with Gasteiger partial charge in [-0.25, -0.2) is 4.98 Å². The van der Waals surface area contributed by atoms with E-state index < -0.39 is 0 Å². The van der Waals surface area contributed by atoms with Gasteiger partial charge in [0.2, 0.25) is 0 Å². The van der Waals surface area contributed by atoms with Gasteiger partial charge in [-0.05, 0) is 18.2 Å². The van der Waals surface area contributed by atoms with Crippen LogP contribution in [0.4, 0.5) is 0 Å². The van der Waals surface area contributed by atoms with E-state index in [1.165, 1.54) is 11.8 Å². The topological polar surface area (TPSA) is 34.9 Å². The molecule has 0 radical (unpaired) electrons. The maximum Gasteiger partial charge on any atom is 0.174 e. The standard InChI is InChI=1S/C12H10Cl2N2OS/c1-16-5-4-15-12(16)18-7-11(17)9-3-2-8(13)6-10(9)14/h2-6H,7H2,1H3. The van der Waals surface area contributed by atoms with Crippen LogP contribution >= 0.6 is 35.0 Å². The lowest BCUT2D eigenvalue weighted by atomic mass is 10.1. The predicted octanol–water partition coefficient (Wildman–Crippen LogP) is 3.70. The summed E-state index contributed by atoms with van der Waals surface area (Å²) in [6, 6.07) is 4.87. The summed E-state index contributed by atoms with van der Waals surface area (Å²) >= 11 is 13.1. The van der Waals surface area contributed by atoms with Crippen molar-refractivity contribution in [1.82, 2.24) is 9.55 Å². The molecule has 1 aromatic carbocycles. The first kappa shape index (κ1) is 13.5. The van der Waals surface area contributed by atoms with Crippen LogP contribution in [0, 0.1) is 0 Å². The fourth-order valence-corrected chi connectivity index (χ4v) is 2.74. The number of hydrogen-bond donors (Lipinski definition) is 0. The van der Waals surface area contributed by atoms with Crippen molar-refractivity contribution in [3.05, 3.63) is 46.2 Å². The van der Waals surface area contributed by atoms with Gasteiger partial charge < -0.3 is 4.57 Å². The Morgan fingerprint density at radius 3 is 2.83 bits per heavy atom. The van der Waals surface area contributed by atoms with Gasteiger partial charge in [0.05, 0.1) is 10.8 Å². The third kappa shape index (κ3) is 3.07. The number of aryl methyl sites for hydroxylation is 1. The Balaban J connectivity index is 2.06. The smallest absolute Gasteiger partial charge is 0.174 e.